The Morgan fingerprint density at radius 2 is 1.89 bits per heavy atom. The monoisotopic (exact) mass is 262 g/mol. The lowest BCUT2D eigenvalue weighted by Gasteiger charge is -2.36. The summed E-state index contributed by atoms with van der Waals surface area (Å²) in [5, 5.41) is 9.30. The van der Waals surface area contributed by atoms with Crippen LogP contribution in [0.15, 0.2) is 24.3 Å². The molecule has 0 saturated carbocycles. The molecule has 1 aliphatic heterocycles. The Morgan fingerprint density at radius 3 is 2.47 bits per heavy atom. The first-order valence-corrected chi connectivity index (χ1v) is 7.41. The van der Waals surface area contributed by atoms with Crippen LogP contribution in [0.4, 0.5) is 0 Å². The quantitative estimate of drug-likeness (QED) is 0.856. The van der Waals surface area contributed by atoms with Gasteiger partial charge in [-0.15, -0.1) is 0 Å². The minimum atomic E-state index is 0.346. The van der Waals surface area contributed by atoms with Crippen LogP contribution >= 0.6 is 0 Å². The molecule has 0 aromatic heterocycles. The van der Waals surface area contributed by atoms with Gasteiger partial charge in [0.15, 0.2) is 0 Å². The fourth-order valence-corrected chi connectivity index (χ4v) is 3.02. The standard InChI is InChI=1S/C16H26N2O/c1-13(12-15-2-4-16(19)5-3-15)18-10-7-14(6-9-17)8-11-18/h2-5,13-14,19H,6-12,17H2,1H3. The molecule has 1 aromatic carbocycles. The van der Waals surface area contributed by atoms with E-state index in [1.807, 2.05) is 12.1 Å². The third-order valence-corrected chi connectivity index (χ3v) is 4.31. The fourth-order valence-electron chi connectivity index (χ4n) is 3.02. The van der Waals surface area contributed by atoms with Crippen molar-refractivity contribution in [2.75, 3.05) is 19.6 Å². The summed E-state index contributed by atoms with van der Waals surface area (Å²) < 4.78 is 0. The topological polar surface area (TPSA) is 49.5 Å². The minimum Gasteiger partial charge on any atom is -0.508 e. The normalized spacial score (nSPS) is 19.5. The molecule has 1 aromatic rings. The molecule has 1 atom stereocenters. The van der Waals surface area contributed by atoms with Crippen LogP contribution in [-0.2, 0) is 6.42 Å². The maximum Gasteiger partial charge on any atom is 0.115 e. The zero-order valence-electron chi connectivity index (χ0n) is 11.9. The van der Waals surface area contributed by atoms with Crippen LogP contribution in [0, 0.1) is 5.92 Å². The maximum absolute atomic E-state index is 9.30. The van der Waals surface area contributed by atoms with Gasteiger partial charge in [0.25, 0.3) is 0 Å². The van der Waals surface area contributed by atoms with Crippen molar-refractivity contribution < 1.29 is 5.11 Å². The molecule has 0 aliphatic carbocycles. The van der Waals surface area contributed by atoms with Crippen LogP contribution in [0.2, 0.25) is 0 Å². The van der Waals surface area contributed by atoms with Gasteiger partial charge in [0, 0.05) is 6.04 Å². The molecular formula is C16H26N2O. The zero-order chi connectivity index (χ0) is 13.7. The van der Waals surface area contributed by atoms with E-state index in [1.54, 1.807) is 12.1 Å². The summed E-state index contributed by atoms with van der Waals surface area (Å²) in [5.41, 5.74) is 6.93. The summed E-state index contributed by atoms with van der Waals surface area (Å²) in [6, 6.07) is 8.16. The van der Waals surface area contributed by atoms with Crippen molar-refractivity contribution in [2.45, 2.75) is 38.6 Å². The highest BCUT2D eigenvalue weighted by Gasteiger charge is 2.22. The molecule has 19 heavy (non-hydrogen) atoms. The molecule has 3 nitrogen and oxygen atoms in total. The summed E-state index contributed by atoms with van der Waals surface area (Å²) in [6.45, 7) is 5.53. The van der Waals surface area contributed by atoms with E-state index in [2.05, 4.69) is 11.8 Å². The molecule has 1 fully saturated rings. The van der Waals surface area contributed by atoms with Crippen molar-refractivity contribution in [3.05, 3.63) is 29.8 Å². The second kappa shape index (κ2) is 6.92. The number of benzene rings is 1. The lowest BCUT2D eigenvalue weighted by atomic mass is 9.92. The lowest BCUT2D eigenvalue weighted by molar-refractivity contribution is 0.137. The zero-order valence-corrected chi connectivity index (χ0v) is 11.9. The highest BCUT2D eigenvalue weighted by Crippen LogP contribution is 2.22. The van der Waals surface area contributed by atoms with Crippen LogP contribution in [0.25, 0.3) is 0 Å². The third-order valence-electron chi connectivity index (χ3n) is 4.31. The lowest BCUT2D eigenvalue weighted by Crippen LogP contribution is -2.41. The van der Waals surface area contributed by atoms with Crippen LogP contribution in [0.5, 0.6) is 5.75 Å². The van der Waals surface area contributed by atoms with Crippen molar-refractivity contribution in [1.29, 1.82) is 0 Å². The van der Waals surface area contributed by atoms with Crippen LogP contribution < -0.4 is 5.73 Å². The molecule has 1 aliphatic rings. The average Bonchev–Trinajstić information content (AvgIpc) is 2.42. The Balaban J connectivity index is 1.81. The first-order chi connectivity index (χ1) is 9.19. The number of nitrogens with zero attached hydrogens (tertiary/aromatic N) is 1. The number of aromatic hydroxyl groups is 1. The molecule has 1 unspecified atom stereocenters. The van der Waals surface area contributed by atoms with Gasteiger partial charge in [-0.3, -0.25) is 0 Å². The van der Waals surface area contributed by atoms with E-state index in [1.165, 1.54) is 37.9 Å². The molecular weight excluding hydrogens is 236 g/mol. The Bertz CT molecular complexity index is 369. The fraction of sp³-hybridized carbons (Fsp3) is 0.625. The van der Waals surface area contributed by atoms with E-state index in [0.717, 1.165) is 18.9 Å². The molecule has 106 valence electrons. The van der Waals surface area contributed by atoms with E-state index in [0.29, 0.717) is 11.8 Å². The van der Waals surface area contributed by atoms with Crippen molar-refractivity contribution in [2.24, 2.45) is 11.7 Å². The summed E-state index contributed by atoms with van der Waals surface area (Å²) >= 11 is 0. The Kier molecular flexibility index (Phi) is 5.23. The molecule has 1 saturated heterocycles. The van der Waals surface area contributed by atoms with Gasteiger partial charge in [0.05, 0.1) is 0 Å². The molecule has 3 N–H and O–H groups in total. The number of phenolic OH excluding ortho intramolecular Hbond substituents is 1. The summed E-state index contributed by atoms with van der Waals surface area (Å²) in [5.74, 6) is 1.18. The van der Waals surface area contributed by atoms with Crippen LogP contribution in [0.1, 0.15) is 31.7 Å². The average molecular weight is 262 g/mol. The number of rotatable bonds is 5. The Hall–Kier alpha value is -1.06. The van der Waals surface area contributed by atoms with Crippen molar-refractivity contribution in [1.82, 2.24) is 4.90 Å². The van der Waals surface area contributed by atoms with E-state index >= 15 is 0 Å². The number of likely N-dealkylation sites (tertiary alicyclic amines) is 1. The molecule has 3 heteroatoms. The number of piperidine rings is 1. The van der Waals surface area contributed by atoms with E-state index < -0.39 is 0 Å². The highest BCUT2D eigenvalue weighted by atomic mass is 16.3. The number of hydrogen-bond acceptors (Lipinski definition) is 3. The van der Waals surface area contributed by atoms with Crippen molar-refractivity contribution in [3.63, 3.8) is 0 Å². The van der Waals surface area contributed by atoms with E-state index in [9.17, 15) is 5.11 Å². The van der Waals surface area contributed by atoms with Gasteiger partial charge in [0.2, 0.25) is 0 Å². The van der Waals surface area contributed by atoms with Crippen molar-refractivity contribution >= 4 is 0 Å². The van der Waals surface area contributed by atoms with E-state index in [4.69, 9.17) is 5.73 Å². The third kappa shape index (κ3) is 4.22. The summed E-state index contributed by atoms with van der Waals surface area (Å²) in [7, 11) is 0. The van der Waals surface area contributed by atoms with Gasteiger partial charge >= 0.3 is 0 Å². The predicted octanol–water partition coefficient (Wildman–Crippen LogP) is 2.38. The SMILES string of the molecule is CC(Cc1ccc(O)cc1)N1CCC(CCN)CC1. The second-order valence-corrected chi connectivity index (χ2v) is 5.78. The second-order valence-electron chi connectivity index (χ2n) is 5.78. The largest absolute Gasteiger partial charge is 0.508 e. The van der Waals surface area contributed by atoms with Gasteiger partial charge in [0.1, 0.15) is 5.75 Å². The van der Waals surface area contributed by atoms with Gasteiger partial charge in [-0.1, -0.05) is 12.1 Å². The molecule has 0 spiro atoms. The number of phenols is 1. The molecule has 0 bridgehead atoms. The Labute approximate surface area is 116 Å². The first-order valence-electron chi connectivity index (χ1n) is 7.41. The van der Waals surface area contributed by atoms with Gasteiger partial charge in [-0.05, 0) is 75.9 Å². The van der Waals surface area contributed by atoms with Crippen molar-refractivity contribution in [3.8, 4) is 5.75 Å². The maximum atomic E-state index is 9.30. The van der Waals surface area contributed by atoms with Crippen LogP contribution in [-0.4, -0.2) is 35.7 Å². The summed E-state index contributed by atoms with van der Waals surface area (Å²) in [6.07, 6.45) is 4.82. The smallest absolute Gasteiger partial charge is 0.115 e. The van der Waals surface area contributed by atoms with Crippen LogP contribution in [0.3, 0.4) is 0 Å². The number of nitrogens with two attached hydrogens (primary N) is 1. The Morgan fingerprint density at radius 1 is 1.26 bits per heavy atom. The molecule has 2 rings (SSSR count). The van der Waals surface area contributed by atoms with E-state index in [-0.39, 0.29) is 0 Å². The van der Waals surface area contributed by atoms with Gasteiger partial charge in [-0.25, -0.2) is 0 Å². The predicted molar refractivity (Wildman–Crippen MR) is 79.2 cm³/mol. The molecule has 1 heterocycles. The number of hydrogen-bond donors (Lipinski definition) is 2. The molecule has 0 radical (unpaired) electrons. The van der Waals surface area contributed by atoms with Gasteiger partial charge < -0.3 is 15.7 Å². The van der Waals surface area contributed by atoms with Gasteiger partial charge in [-0.2, -0.15) is 0 Å². The first kappa shape index (κ1) is 14.4. The minimum absolute atomic E-state index is 0.346. The highest BCUT2D eigenvalue weighted by molar-refractivity contribution is 5.26. The molecule has 0 amide bonds. The summed E-state index contributed by atoms with van der Waals surface area (Å²) in [4.78, 5) is 2.58.